The molecule has 244 valence electrons. The number of fused-ring (bicyclic) bond motifs is 4. The summed E-state index contributed by atoms with van der Waals surface area (Å²) in [7, 11) is 1.24. The van der Waals surface area contributed by atoms with Crippen molar-refractivity contribution in [3.05, 3.63) is 135 Å². The van der Waals surface area contributed by atoms with Gasteiger partial charge in [0.2, 0.25) is 5.91 Å². The number of anilines is 1. The van der Waals surface area contributed by atoms with Crippen molar-refractivity contribution in [1.29, 1.82) is 0 Å². The van der Waals surface area contributed by atoms with Crippen molar-refractivity contribution in [3.63, 3.8) is 0 Å². The number of ketones is 1. The topological polar surface area (TPSA) is 148 Å². The molecule has 11 heteroatoms. The molecule has 0 fully saturated rings. The van der Waals surface area contributed by atoms with Crippen LogP contribution in [0.1, 0.15) is 44.2 Å². The number of ether oxygens (including phenoxy) is 2. The van der Waals surface area contributed by atoms with E-state index in [2.05, 4.69) is 10.6 Å². The van der Waals surface area contributed by atoms with Gasteiger partial charge in [-0.1, -0.05) is 30.3 Å². The number of hydrogen-bond donors (Lipinski definition) is 3. The van der Waals surface area contributed by atoms with Crippen LogP contribution in [0.3, 0.4) is 0 Å². The Labute approximate surface area is 283 Å². The average molecular weight is 673 g/mol. The smallest absolute Gasteiger partial charge is 0.338 e. The molecule has 49 heavy (non-hydrogen) atoms. The van der Waals surface area contributed by atoms with Crippen molar-refractivity contribution in [1.82, 2.24) is 5.32 Å². The molecule has 7 rings (SSSR count). The first-order chi connectivity index (χ1) is 23.7. The Morgan fingerprint density at radius 3 is 2.55 bits per heavy atom. The van der Waals surface area contributed by atoms with Gasteiger partial charge in [0.25, 0.3) is 5.91 Å². The number of phenols is 1. The first-order valence-electron chi connectivity index (χ1n) is 15.4. The Balaban J connectivity index is 1.08. The zero-order valence-corrected chi connectivity index (χ0v) is 26.8. The lowest BCUT2D eigenvalue weighted by molar-refractivity contribution is -0.116. The molecule has 3 N–H and O–H groups in total. The van der Waals surface area contributed by atoms with Gasteiger partial charge >= 0.3 is 5.97 Å². The molecule has 5 aromatic rings. The summed E-state index contributed by atoms with van der Waals surface area (Å²) in [4.78, 5) is 64.2. The number of rotatable bonds is 7. The highest BCUT2D eigenvalue weighted by atomic mass is 32.1. The van der Waals surface area contributed by atoms with Crippen LogP contribution in [0.2, 0.25) is 0 Å². The number of phenolic OH excluding ortho intramolecular Hbond substituents is 1. The number of hydrogen-bond acceptors (Lipinski definition) is 9. The summed E-state index contributed by atoms with van der Waals surface area (Å²) >= 11 is 1.50. The number of aromatic hydroxyl groups is 1. The molecule has 0 radical (unpaired) electrons. The van der Waals surface area contributed by atoms with Crippen LogP contribution in [0.25, 0.3) is 20.2 Å². The SMILES string of the molecule is COC(=O)c1cc(C(=O)NCCC(=O)Nc2ccc3sc4ccccc4c(=O)c3c2)ccc1C1c2ccc(O)cc2OC2=CC(=O)C=CC21. The maximum Gasteiger partial charge on any atom is 0.338 e. The molecule has 2 unspecified atom stereocenters. The Hall–Kier alpha value is -6.07. The number of methoxy groups -OCH3 is 1. The molecule has 1 aromatic heterocycles. The average Bonchev–Trinajstić information content (AvgIpc) is 3.10. The summed E-state index contributed by atoms with van der Waals surface area (Å²) in [5, 5.41) is 16.7. The number of esters is 1. The van der Waals surface area contributed by atoms with Crippen molar-refractivity contribution in [2.75, 3.05) is 19.0 Å². The van der Waals surface area contributed by atoms with E-state index in [4.69, 9.17) is 9.47 Å². The van der Waals surface area contributed by atoms with E-state index in [1.165, 1.54) is 48.8 Å². The predicted molar refractivity (Wildman–Crippen MR) is 185 cm³/mol. The van der Waals surface area contributed by atoms with Gasteiger partial charge in [0, 0.05) is 73.9 Å². The zero-order chi connectivity index (χ0) is 34.2. The minimum absolute atomic E-state index is 0.0129. The van der Waals surface area contributed by atoms with Crippen LogP contribution >= 0.6 is 11.3 Å². The molecule has 10 nitrogen and oxygen atoms in total. The fourth-order valence-corrected chi connectivity index (χ4v) is 7.30. The highest BCUT2D eigenvalue weighted by Crippen LogP contribution is 2.49. The number of benzene rings is 4. The Bertz CT molecular complexity index is 2340. The molecule has 1 aliphatic carbocycles. The van der Waals surface area contributed by atoms with E-state index in [1.807, 2.05) is 18.2 Å². The second kappa shape index (κ2) is 12.9. The first-order valence-corrected chi connectivity index (χ1v) is 16.2. The van der Waals surface area contributed by atoms with Crippen molar-refractivity contribution in [2.24, 2.45) is 5.92 Å². The molecule has 0 saturated heterocycles. The van der Waals surface area contributed by atoms with Crippen LogP contribution in [-0.2, 0) is 14.3 Å². The van der Waals surface area contributed by atoms with Gasteiger partial charge in [-0.15, -0.1) is 11.3 Å². The molecule has 2 heterocycles. The molecule has 2 aliphatic rings. The Kier molecular flexibility index (Phi) is 8.27. The van der Waals surface area contributed by atoms with Crippen molar-refractivity contribution in [3.8, 4) is 11.5 Å². The van der Waals surface area contributed by atoms with Gasteiger partial charge in [0.1, 0.15) is 17.3 Å². The molecular weight excluding hydrogens is 644 g/mol. The van der Waals surface area contributed by atoms with Crippen LogP contribution < -0.4 is 20.8 Å². The largest absolute Gasteiger partial charge is 0.508 e. The zero-order valence-electron chi connectivity index (χ0n) is 26.0. The van der Waals surface area contributed by atoms with Crippen LogP contribution in [0, 0.1) is 5.92 Å². The quantitative estimate of drug-likeness (QED) is 0.145. The number of carbonyl (C=O) groups excluding carboxylic acids is 4. The van der Waals surface area contributed by atoms with E-state index >= 15 is 0 Å². The number of carbonyl (C=O) groups is 4. The number of amides is 2. The first kappa shape index (κ1) is 31.5. The summed E-state index contributed by atoms with van der Waals surface area (Å²) in [5.74, 6) is -1.99. The Morgan fingerprint density at radius 2 is 1.71 bits per heavy atom. The van der Waals surface area contributed by atoms with E-state index < -0.39 is 23.7 Å². The second-order valence-corrected chi connectivity index (χ2v) is 12.7. The van der Waals surface area contributed by atoms with Crippen molar-refractivity contribution < 1.29 is 33.8 Å². The predicted octanol–water partition coefficient (Wildman–Crippen LogP) is 5.83. The normalized spacial score (nSPS) is 16.3. The van der Waals surface area contributed by atoms with Gasteiger partial charge in [0.15, 0.2) is 11.2 Å². The van der Waals surface area contributed by atoms with E-state index in [1.54, 1.807) is 48.5 Å². The van der Waals surface area contributed by atoms with Crippen molar-refractivity contribution in [2.45, 2.75) is 12.3 Å². The van der Waals surface area contributed by atoms with E-state index in [0.717, 1.165) is 9.40 Å². The summed E-state index contributed by atoms with van der Waals surface area (Å²) < 4.78 is 12.8. The van der Waals surface area contributed by atoms with Gasteiger partial charge in [-0.05, 0) is 60.2 Å². The molecule has 2 amide bonds. The molecular formula is C38H28N2O8S. The van der Waals surface area contributed by atoms with E-state index in [9.17, 15) is 29.1 Å². The Morgan fingerprint density at radius 1 is 0.918 bits per heavy atom. The monoisotopic (exact) mass is 672 g/mol. The molecule has 2 atom stereocenters. The summed E-state index contributed by atoms with van der Waals surface area (Å²) in [6.45, 7) is 0.0129. The fourth-order valence-electron chi connectivity index (χ4n) is 6.25. The lowest BCUT2D eigenvalue weighted by atomic mass is 9.74. The third kappa shape index (κ3) is 6.07. The van der Waals surface area contributed by atoms with Gasteiger partial charge in [-0.25, -0.2) is 4.79 Å². The molecule has 0 saturated carbocycles. The maximum absolute atomic E-state index is 13.2. The lowest BCUT2D eigenvalue weighted by Crippen LogP contribution is -2.29. The van der Waals surface area contributed by atoms with E-state index in [0.29, 0.717) is 39.1 Å². The maximum atomic E-state index is 13.2. The summed E-state index contributed by atoms with van der Waals surface area (Å²) in [6.07, 6.45) is 4.49. The molecule has 0 bridgehead atoms. The van der Waals surface area contributed by atoms with Crippen LogP contribution in [-0.4, -0.2) is 42.3 Å². The molecule has 0 spiro atoms. The lowest BCUT2D eigenvalue weighted by Gasteiger charge is -2.36. The fraction of sp³-hybridized carbons (Fsp3) is 0.132. The highest BCUT2D eigenvalue weighted by molar-refractivity contribution is 7.24. The second-order valence-electron chi connectivity index (χ2n) is 11.6. The molecule has 1 aliphatic heterocycles. The van der Waals surface area contributed by atoms with Gasteiger partial charge in [0.05, 0.1) is 12.7 Å². The standard InChI is InChI=1S/C38H28N2O8S/c1-47-38(46)28-16-20(6-10-24(28)35-25-11-8-22(41)18-30(25)48-31-19-23(42)9-12-26(31)35)37(45)39-15-14-34(43)40-21-7-13-33-29(17-21)36(44)27-4-2-3-5-32(27)49-33/h2-13,16-19,25,35,42H,14-15H2,1H3,(H,39,45)(H,40,43). The third-order valence-electron chi connectivity index (χ3n) is 8.55. The van der Waals surface area contributed by atoms with Crippen molar-refractivity contribution >= 4 is 60.8 Å². The summed E-state index contributed by atoms with van der Waals surface area (Å²) in [6, 6.07) is 21.9. The van der Waals surface area contributed by atoms with Crippen LogP contribution in [0.4, 0.5) is 5.69 Å². The highest BCUT2D eigenvalue weighted by Gasteiger charge is 2.38. The van der Waals surface area contributed by atoms with Gasteiger partial charge < -0.3 is 25.2 Å². The minimum atomic E-state index is -0.664. The van der Waals surface area contributed by atoms with Gasteiger partial charge in [-0.3, -0.25) is 19.2 Å². The van der Waals surface area contributed by atoms with E-state index in [-0.39, 0.29) is 47.0 Å². The minimum Gasteiger partial charge on any atom is -0.508 e. The number of nitrogens with one attached hydrogen (secondary N) is 2. The van der Waals surface area contributed by atoms with Crippen LogP contribution in [0.5, 0.6) is 11.5 Å². The molecule has 4 aromatic carbocycles. The third-order valence-corrected chi connectivity index (χ3v) is 9.70. The van der Waals surface area contributed by atoms with Gasteiger partial charge in [-0.2, -0.15) is 0 Å². The van der Waals surface area contributed by atoms with Crippen LogP contribution in [0.15, 0.2) is 108 Å². The summed E-state index contributed by atoms with van der Waals surface area (Å²) in [5.41, 5.74) is 1.91. The number of allylic oxidation sites excluding steroid dienone is 3.